The number of hydrogen-bond acceptors (Lipinski definition) is 4. The second-order valence-corrected chi connectivity index (χ2v) is 11.6. The summed E-state index contributed by atoms with van der Waals surface area (Å²) in [4.78, 5) is 23.5. The summed E-state index contributed by atoms with van der Waals surface area (Å²) in [7, 11) is 2.02. The van der Waals surface area contributed by atoms with E-state index >= 15 is 0 Å². The van der Waals surface area contributed by atoms with E-state index in [4.69, 9.17) is 4.84 Å². The van der Waals surface area contributed by atoms with Crippen molar-refractivity contribution in [2.45, 2.75) is 45.1 Å². The van der Waals surface area contributed by atoms with Gasteiger partial charge in [0.2, 0.25) is 0 Å². The molecule has 0 bridgehead atoms. The summed E-state index contributed by atoms with van der Waals surface area (Å²) < 4.78 is 3.14. The highest BCUT2D eigenvalue weighted by atomic mass is 79.9. The van der Waals surface area contributed by atoms with Crippen LogP contribution in [0.25, 0.3) is 10.9 Å². The molecule has 0 saturated carbocycles. The lowest BCUT2D eigenvalue weighted by Crippen LogP contribution is -2.56. The molecule has 0 atom stereocenters. The molecule has 5 rings (SSSR count). The Morgan fingerprint density at radius 1 is 1.03 bits per heavy atom. The number of carbonyl (C=O) groups is 1. The van der Waals surface area contributed by atoms with Crippen molar-refractivity contribution in [1.82, 2.24) is 14.4 Å². The third-order valence-corrected chi connectivity index (χ3v) is 8.87. The summed E-state index contributed by atoms with van der Waals surface area (Å²) in [5.74, 6) is 0.539. The van der Waals surface area contributed by atoms with Crippen molar-refractivity contribution in [2.24, 2.45) is 18.1 Å². The minimum atomic E-state index is 0.124. The molecule has 37 heavy (non-hydrogen) atoms. The summed E-state index contributed by atoms with van der Waals surface area (Å²) in [5.41, 5.74) is 4.22. The Kier molecular flexibility index (Phi) is 7.72. The molecule has 2 aliphatic heterocycles. The molecule has 1 amide bonds. The van der Waals surface area contributed by atoms with Gasteiger partial charge in [-0.05, 0) is 93.9 Å². The number of nitrogens with zero attached hydrogens (tertiary/aromatic N) is 4. The number of rotatable bonds is 6. The van der Waals surface area contributed by atoms with Crippen molar-refractivity contribution < 1.29 is 9.63 Å². The maximum absolute atomic E-state index is 13.3. The molecule has 1 aromatic heterocycles. The van der Waals surface area contributed by atoms with E-state index in [2.05, 4.69) is 73.9 Å². The topological polar surface area (TPSA) is 50.1 Å². The molecule has 3 aromatic rings. The van der Waals surface area contributed by atoms with E-state index in [9.17, 15) is 4.79 Å². The Morgan fingerprint density at radius 3 is 2.38 bits per heavy atom. The van der Waals surface area contributed by atoms with E-state index in [1.54, 1.807) is 0 Å². The van der Waals surface area contributed by atoms with Crippen molar-refractivity contribution in [3.63, 3.8) is 0 Å². The SMILES string of the molecule is CCON=C(c1ccc(Br)cc1)C1CCN(C2(C)CCN(C(=O)c3ccc4ccn(C)c4c3)CC2)CC1. The van der Waals surface area contributed by atoms with Gasteiger partial charge in [0.25, 0.3) is 5.91 Å². The van der Waals surface area contributed by atoms with E-state index in [0.717, 1.165) is 78.7 Å². The number of fused-ring (bicyclic) bond motifs is 1. The zero-order valence-corrected chi connectivity index (χ0v) is 23.7. The van der Waals surface area contributed by atoms with Crippen molar-refractivity contribution in [1.29, 1.82) is 0 Å². The third-order valence-electron chi connectivity index (χ3n) is 8.34. The van der Waals surface area contributed by atoms with E-state index in [0.29, 0.717) is 12.5 Å². The first-order valence-corrected chi connectivity index (χ1v) is 14.2. The van der Waals surface area contributed by atoms with Crippen LogP contribution in [0.15, 0.2) is 64.4 Å². The summed E-state index contributed by atoms with van der Waals surface area (Å²) in [6.07, 6.45) is 6.18. The highest BCUT2D eigenvalue weighted by molar-refractivity contribution is 9.10. The molecule has 2 fully saturated rings. The molecule has 2 aliphatic rings. The Morgan fingerprint density at radius 2 is 1.70 bits per heavy atom. The van der Waals surface area contributed by atoms with E-state index in [-0.39, 0.29) is 11.4 Å². The van der Waals surface area contributed by atoms with Gasteiger partial charge >= 0.3 is 0 Å². The minimum Gasteiger partial charge on any atom is -0.396 e. The lowest BCUT2D eigenvalue weighted by atomic mass is 9.82. The van der Waals surface area contributed by atoms with Crippen LogP contribution in [0.2, 0.25) is 0 Å². The fourth-order valence-electron chi connectivity index (χ4n) is 5.90. The molecular formula is C30H37BrN4O2. The molecule has 0 aliphatic carbocycles. The molecule has 0 radical (unpaired) electrons. The number of hydrogen-bond donors (Lipinski definition) is 0. The number of aryl methyl sites for hydroxylation is 1. The lowest BCUT2D eigenvalue weighted by Gasteiger charge is -2.49. The van der Waals surface area contributed by atoms with Gasteiger partial charge in [-0.3, -0.25) is 9.69 Å². The molecule has 2 saturated heterocycles. The van der Waals surface area contributed by atoms with Gasteiger partial charge in [-0.1, -0.05) is 39.3 Å². The summed E-state index contributed by atoms with van der Waals surface area (Å²) in [6, 6.07) is 16.5. The van der Waals surface area contributed by atoms with Crippen LogP contribution in [0.5, 0.6) is 0 Å². The quantitative estimate of drug-likeness (QED) is 0.269. The third kappa shape index (κ3) is 5.48. The van der Waals surface area contributed by atoms with E-state index in [1.807, 2.05) is 37.2 Å². The predicted octanol–water partition coefficient (Wildman–Crippen LogP) is 6.09. The Hall–Kier alpha value is -2.64. The van der Waals surface area contributed by atoms with Gasteiger partial charge in [0, 0.05) is 53.3 Å². The first-order chi connectivity index (χ1) is 17.9. The van der Waals surface area contributed by atoms with Crippen LogP contribution in [0.3, 0.4) is 0 Å². The van der Waals surface area contributed by atoms with Gasteiger partial charge in [-0.25, -0.2) is 0 Å². The molecule has 196 valence electrons. The zero-order chi connectivity index (χ0) is 26.0. The second kappa shape index (κ2) is 11.0. The van der Waals surface area contributed by atoms with Gasteiger partial charge in [0.05, 0.1) is 5.71 Å². The fraction of sp³-hybridized carbons (Fsp3) is 0.467. The number of likely N-dealkylation sites (tertiary alicyclic amines) is 2. The first-order valence-electron chi connectivity index (χ1n) is 13.4. The molecule has 7 heteroatoms. The molecule has 0 spiro atoms. The van der Waals surface area contributed by atoms with Gasteiger partial charge in [-0.15, -0.1) is 0 Å². The van der Waals surface area contributed by atoms with Crippen molar-refractivity contribution in [3.05, 3.63) is 70.3 Å². The normalized spacial score (nSPS) is 19.4. The Balaban J connectivity index is 1.20. The highest BCUT2D eigenvalue weighted by Gasteiger charge is 2.39. The summed E-state index contributed by atoms with van der Waals surface area (Å²) >= 11 is 3.53. The highest BCUT2D eigenvalue weighted by Crippen LogP contribution is 2.34. The number of halogens is 1. The van der Waals surface area contributed by atoms with Crippen LogP contribution in [-0.4, -0.2) is 64.3 Å². The van der Waals surface area contributed by atoms with E-state index in [1.165, 1.54) is 5.39 Å². The van der Waals surface area contributed by atoms with Crippen LogP contribution in [0.1, 0.15) is 55.5 Å². The first kappa shape index (κ1) is 26.0. The molecule has 6 nitrogen and oxygen atoms in total. The zero-order valence-electron chi connectivity index (χ0n) is 22.1. The van der Waals surface area contributed by atoms with Crippen molar-refractivity contribution in [2.75, 3.05) is 32.8 Å². The van der Waals surface area contributed by atoms with Crippen LogP contribution >= 0.6 is 15.9 Å². The monoisotopic (exact) mass is 564 g/mol. The smallest absolute Gasteiger partial charge is 0.253 e. The standard InChI is InChI=1S/C30H37BrN4O2/c1-4-37-32-28(23-7-9-26(31)10-8-23)24-12-17-35(18-13-24)30(2)14-19-34(20-15-30)29(36)25-6-5-22-11-16-33(3)27(22)21-25/h5-11,16,21,24H,4,12-15,17-20H2,1-3H3. The molecule has 3 heterocycles. The molecular weight excluding hydrogens is 528 g/mol. The van der Waals surface area contributed by atoms with Crippen LogP contribution in [-0.2, 0) is 11.9 Å². The largest absolute Gasteiger partial charge is 0.396 e. The summed E-state index contributed by atoms with van der Waals surface area (Å²) in [5, 5.41) is 5.71. The minimum absolute atomic E-state index is 0.124. The molecule has 2 aromatic carbocycles. The average Bonchev–Trinajstić information content (AvgIpc) is 3.30. The number of aromatic nitrogens is 1. The maximum atomic E-state index is 13.3. The second-order valence-electron chi connectivity index (χ2n) is 10.7. The van der Waals surface area contributed by atoms with Crippen molar-refractivity contribution in [3.8, 4) is 0 Å². The van der Waals surface area contributed by atoms with Crippen LogP contribution in [0, 0.1) is 5.92 Å². The maximum Gasteiger partial charge on any atom is 0.253 e. The number of piperidine rings is 2. The Labute approximate surface area is 228 Å². The summed E-state index contributed by atoms with van der Waals surface area (Å²) in [6.45, 7) is 8.62. The molecule has 0 unspecified atom stereocenters. The average molecular weight is 566 g/mol. The number of oxime groups is 1. The van der Waals surface area contributed by atoms with Crippen molar-refractivity contribution >= 4 is 38.5 Å². The molecule has 0 N–H and O–H groups in total. The predicted molar refractivity (Wildman–Crippen MR) is 153 cm³/mol. The van der Waals surface area contributed by atoms with Gasteiger partial charge in [-0.2, -0.15) is 0 Å². The Bertz CT molecular complexity index is 1270. The van der Waals surface area contributed by atoms with Crippen LogP contribution in [0.4, 0.5) is 0 Å². The van der Waals surface area contributed by atoms with E-state index < -0.39 is 0 Å². The van der Waals surface area contributed by atoms with Gasteiger partial charge < -0.3 is 14.3 Å². The number of amides is 1. The lowest BCUT2D eigenvalue weighted by molar-refractivity contribution is 0.0161. The van der Waals surface area contributed by atoms with Crippen LogP contribution < -0.4 is 0 Å². The fourth-order valence-corrected chi connectivity index (χ4v) is 6.16. The van der Waals surface area contributed by atoms with Gasteiger partial charge in [0.1, 0.15) is 6.61 Å². The van der Waals surface area contributed by atoms with Gasteiger partial charge in [0.15, 0.2) is 0 Å². The number of benzene rings is 2. The number of carbonyl (C=O) groups excluding carboxylic acids is 1.